The fourth-order valence-electron chi connectivity index (χ4n) is 6.23. The van der Waals surface area contributed by atoms with Crippen molar-refractivity contribution in [1.29, 1.82) is 0 Å². The van der Waals surface area contributed by atoms with E-state index in [4.69, 9.17) is 16.4 Å². The molecule has 5 aromatic carbocycles. The summed E-state index contributed by atoms with van der Waals surface area (Å²) < 4.78 is 10.3. The molecule has 0 aliphatic carbocycles. The van der Waals surface area contributed by atoms with Crippen LogP contribution in [-0.4, -0.2) is 19.3 Å². The van der Waals surface area contributed by atoms with Gasteiger partial charge in [0.05, 0.1) is 0 Å². The van der Waals surface area contributed by atoms with Gasteiger partial charge in [-0.1, -0.05) is 109 Å². The predicted molar refractivity (Wildman–Crippen MR) is 191 cm³/mol. The molecule has 0 fully saturated rings. The van der Waals surface area contributed by atoms with Gasteiger partial charge in [-0.05, 0) is 48.6 Å². The largest absolute Gasteiger partial charge is 2.00 e. The van der Waals surface area contributed by atoms with Crippen LogP contribution in [0.5, 0.6) is 11.5 Å². The van der Waals surface area contributed by atoms with Crippen LogP contribution >= 0.6 is 0 Å². The first-order valence-corrected chi connectivity index (χ1v) is 15.7. The van der Waals surface area contributed by atoms with Crippen LogP contribution in [0.1, 0.15) is 16.7 Å². The van der Waals surface area contributed by atoms with Gasteiger partial charge >= 0.3 is 21.1 Å². The molecule has 0 N–H and O–H groups in total. The topological polar surface area (TPSA) is 49.2 Å². The molecule has 3 aromatic heterocycles. The van der Waals surface area contributed by atoms with Crippen LogP contribution < -0.4 is 4.74 Å². The van der Waals surface area contributed by atoms with Gasteiger partial charge in [0.1, 0.15) is 11.5 Å². The van der Waals surface area contributed by atoms with Crippen molar-refractivity contribution in [2.45, 2.75) is 20.8 Å². The Kier molecular flexibility index (Phi) is 8.46. The monoisotopic (exact) mass is 814 g/mol. The van der Waals surface area contributed by atoms with Gasteiger partial charge in [0.15, 0.2) is 0 Å². The summed E-state index contributed by atoms with van der Waals surface area (Å²) in [4.78, 5) is 8.70. The Labute approximate surface area is 299 Å². The molecule has 0 radical (unpaired) electrons. The molecule has 0 amide bonds. The van der Waals surface area contributed by atoms with Crippen LogP contribution in [-0.2, 0) is 21.1 Å². The maximum absolute atomic E-state index is 8.26. The summed E-state index contributed by atoms with van der Waals surface area (Å²) in [6, 6.07) is 45.4. The van der Waals surface area contributed by atoms with Crippen molar-refractivity contribution in [2.75, 3.05) is 0 Å². The summed E-state index contributed by atoms with van der Waals surface area (Å²) in [7, 11) is 0. The second-order valence-electron chi connectivity index (χ2n) is 11.9. The van der Waals surface area contributed by atoms with Crippen molar-refractivity contribution in [1.82, 2.24) is 19.3 Å². The van der Waals surface area contributed by atoms with Gasteiger partial charge in [0, 0.05) is 40.0 Å². The number of benzene rings is 5. The summed E-state index contributed by atoms with van der Waals surface area (Å²) in [5, 5.41) is 7.20. The Morgan fingerprint density at radius 1 is 0.694 bits per heavy atom. The molecule has 6 nitrogen and oxygen atoms in total. The van der Waals surface area contributed by atoms with E-state index in [2.05, 4.69) is 76.8 Å². The van der Waals surface area contributed by atoms with Gasteiger partial charge in [0.2, 0.25) is 0 Å². The van der Waals surface area contributed by atoms with E-state index in [1.54, 1.807) is 4.68 Å². The molecule has 3 heterocycles. The number of fused-ring (bicyclic) bond motifs is 3. The van der Waals surface area contributed by atoms with Crippen LogP contribution in [0, 0.1) is 39.5 Å². The molecule has 8 rings (SSSR count). The van der Waals surface area contributed by atoms with Gasteiger partial charge in [-0.3, -0.25) is 0 Å². The normalized spacial score (nSPS) is 11.0. The zero-order valence-electron chi connectivity index (χ0n) is 27.0. The summed E-state index contributed by atoms with van der Waals surface area (Å²) in [5.74, 6) is 2.28. The summed E-state index contributed by atoms with van der Waals surface area (Å²) in [5.41, 5.74) is 9.14. The average molecular weight is 815 g/mol. The molecule has 0 saturated carbocycles. The van der Waals surface area contributed by atoms with Gasteiger partial charge < -0.3 is 14.1 Å². The Morgan fingerprint density at radius 2 is 1.47 bits per heavy atom. The molecule has 0 aliphatic heterocycles. The predicted octanol–water partition coefficient (Wildman–Crippen LogP) is 10.6. The molecular weight excluding hydrogens is 786 g/mol. The first-order chi connectivity index (χ1) is 23.5. The van der Waals surface area contributed by atoms with Gasteiger partial charge in [-0.15, -0.1) is 29.7 Å². The van der Waals surface area contributed by atoms with Crippen LogP contribution in [0.4, 0.5) is 5.82 Å². The number of ether oxygens (including phenoxy) is 1. The number of para-hydroxylation sites is 1. The van der Waals surface area contributed by atoms with Crippen molar-refractivity contribution in [2.24, 2.45) is 0 Å². The molecule has 238 valence electrons. The van der Waals surface area contributed by atoms with E-state index in [1.165, 1.54) is 0 Å². The summed E-state index contributed by atoms with van der Waals surface area (Å²) in [6.45, 7) is 14.4. The van der Waals surface area contributed by atoms with Gasteiger partial charge in [-0.25, -0.2) is 4.98 Å². The van der Waals surface area contributed by atoms with Crippen molar-refractivity contribution >= 4 is 27.6 Å². The Balaban J connectivity index is 0.00000378. The molecule has 7 heteroatoms. The molecule has 8 aromatic rings. The number of pyridine rings is 1. The number of aromatic nitrogens is 4. The maximum Gasteiger partial charge on any atom is 2.00 e. The number of aryl methyl sites for hydroxylation is 3. The van der Waals surface area contributed by atoms with Gasteiger partial charge in [0.25, 0.3) is 5.82 Å². The van der Waals surface area contributed by atoms with E-state index >= 15 is 0 Å². The molecule has 0 saturated heterocycles. The van der Waals surface area contributed by atoms with E-state index in [0.717, 1.165) is 66.7 Å². The summed E-state index contributed by atoms with van der Waals surface area (Å²) >= 11 is 0. The van der Waals surface area contributed by atoms with Crippen LogP contribution in [0.3, 0.4) is 0 Å². The number of rotatable bonds is 6. The quantitative estimate of drug-likeness (QED) is 0.157. The van der Waals surface area contributed by atoms with E-state index in [-0.39, 0.29) is 21.1 Å². The standard InChI is InChI=1S/C42H29N5O.Pt/c1-27-14-16-30(17-15-27)40-41(31-10-6-5-7-11-31)45-47(42(40)43-4)32-22-29(3)23-34(25-32)48-33-18-19-36-35-12-8-9-13-37(35)46(38(36)26-33)39-24-28(2)20-21-44-39;/h5-24H,1-3H3;/q-2;+2. The van der Waals surface area contributed by atoms with Crippen LogP contribution in [0.2, 0.25) is 0 Å². The number of hydrogen-bond donors (Lipinski definition) is 0. The van der Waals surface area contributed by atoms with Crippen LogP contribution in [0.25, 0.3) is 60.5 Å². The minimum Gasteiger partial charge on any atom is -0.509 e. The smallest absolute Gasteiger partial charge is 0.509 e. The van der Waals surface area contributed by atoms with Crippen molar-refractivity contribution in [3.05, 3.63) is 162 Å². The van der Waals surface area contributed by atoms with Crippen molar-refractivity contribution in [3.8, 4) is 45.4 Å². The molecule has 0 unspecified atom stereocenters. The molecule has 49 heavy (non-hydrogen) atoms. The van der Waals surface area contributed by atoms with Gasteiger partial charge in [-0.2, -0.15) is 16.3 Å². The minimum atomic E-state index is 0. The van der Waals surface area contributed by atoms with Crippen molar-refractivity contribution in [3.63, 3.8) is 0 Å². The molecule has 0 aliphatic rings. The maximum atomic E-state index is 8.26. The second-order valence-corrected chi connectivity index (χ2v) is 11.9. The van der Waals surface area contributed by atoms with E-state index in [0.29, 0.717) is 23.0 Å². The van der Waals surface area contributed by atoms with Crippen LogP contribution in [0.15, 0.2) is 121 Å². The third-order valence-electron chi connectivity index (χ3n) is 8.46. The van der Waals surface area contributed by atoms with Crippen molar-refractivity contribution < 1.29 is 25.8 Å². The second kappa shape index (κ2) is 13.0. The number of hydrogen-bond acceptors (Lipinski definition) is 3. The first-order valence-electron chi connectivity index (χ1n) is 15.7. The first kappa shape index (κ1) is 31.8. The SMILES string of the molecule is [C-]#[N+]c1c(-c2ccc(C)cc2)c(-c2ccccc2)nn1-c1[c-]c(Oc2[c-]c3c(cc2)c2ccccc2n3-c2cc(C)ccn2)cc(C)c1.[Pt+2]. The average Bonchev–Trinajstić information content (AvgIpc) is 3.65. The van der Waals surface area contributed by atoms with E-state index in [1.807, 2.05) is 92.0 Å². The van der Waals surface area contributed by atoms with E-state index < -0.39 is 0 Å². The Morgan fingerprint density at radius 3 is 2.24 bits per heavy atom. The minimum absolute atomic E-state index is 0. The molecular formula is C42H29N5OPt. The third-order valence-corrected chi connectivity index (χ3v) is 8.46. The Hall–Kier alpha value is -5.76. The fourth-order valence-corrected chi connectivity index (χ4v) is 6.23. The molecule has 0 atom stereocenters. The third kappa shape index (κ3) is 5.84. The zero-order chi connectivity index (χ0) is 32.8. The van der Waals surface area contributed by atoms with E-state index in [9.17, 15) is 0 Å². The Bertz CT molecular complexity index is 2520. The fraction of sp³-hybridized carbons (Fsp3) is 0.0714. The zero-order valence-corrected chi connectivity index (χ0v) is 29.3. The summed E-state index contributed by atoms with van der Waals surface area (Å²) in [6.07, 6.45) is 1.83. The molecule has 0 bridgehead atoms. The number of nitrogens with zero attached hydrogens (tertiary/aromatic N) is 5. The molecule has 0 spiro atoms.